The van der Waals surface area contributed by atoms with Crippen molar-refractivity contribution in [2.75, 3.05) is 11.1 Å². The lowest BCUT2D eigenvalue weighted by Gasteiger charge is -2.13. The van der Waals surface area contributed by atoms with E-state index in [-0.39, 0.29) is 5.69 Å². The first-order valence-electron chi connectivity index (χ1n) is 6.79. The van der Waals surface area contributed by atoms with Gasteiger partial charge in [-0.05, 0) is 60.7 Å². The highest BCUT2D eigenvalue weighted by molar-refractivity contribution is 5.66. The summed E-state index contributed by atoms with van der Waals surface area (Å²) in [5.74, 6) is 0. The number of hydrogen-bond acceptors (Lipinski definition) is 2. The molecule has 0 spiro atoms. The molecule has 110 valence electrons. The number of aryl methyl sites for hydroxylation is 2. The molecule has 0 atom stereocenters. The van der Waals surface area contributed by atoms with Crippen LogP contribution in [-0.4, -0.2) is 0 Å². The smallest absolute Gasteiger partial charge is 0.398 e. The molecule has 0 amide bonds. The lowest BCUT2D eigenvalue weighted by molar-refractivity contribution is -0.136. The Balaban J connectivity index is 1.88. The van der Waals surface area contributed by atoms with E-state index in [2.05, 4.69) is 5.32 Å². The molecule has 0 radical (unpaired) electrons. The third-order valence-electron chi connectivity index (χ3n) is 3.75. The van der Waals surface area contributed by atoms with Gasteiger partial charge in [-0.15, -0.1) is 0 Å². The van der Waals surface area contributed by atoms with Crippen molar-refractivity contribution in [3.63, 3.8) is 0 Å². The minimum absolute atomic E-state index is 0.262. The first-order chi connectivity index (χ1) is 9.93. The number of nitrogens with one attached hydrogen (secondary N) is 1. The fourth-order valence-electron chi connectivity index (χ4n) is 2.70. The van der Waals surface area contributed by atoms with Gasteiger partial charge in [-0.2, -0.15) is 13.2 Å². The van der Waals surface area contributed by atoms with Gasteiger partial charge in [0.1, 0.15) is 0 Å². The van der Waals surface area contributed by atoms with Gasteiger partial charge in [-0.25, -0.2) is 0 Å². The number of rotatable bonds is 2. The van der Waals surface area contributed by atoms with Crippen molar-refractivity contribution in [1.29, 1.82) is 0 Å². The molecule has 2 aromatic rings. The van der Waals surface area contributed by atoms with E-state index in [1.807, 2.05) is 18.2 Å². The number of nitrogens with two attached hydrogens (primary N) is 1. The van der Waals surface area contributed by atoms with Crippen LogP contribution < -0.4 is 11.1 Å². The Bertz CT molecular complexity index is 678. The Morgan fingerprint density at radius 3 is 2.33 bits per heavy atom. The van der Waals surface area contributed by atoms with Crippen LogP contribution in [0.25, 0.3) is 0 Å². The molecule has 0 aromatic heterocycles. The molecule has 2 nitrogen and oxygen atoms in total. The Labute approximate surface area is 120 Å². The minimum Gasteiger partial charge on any atom is -0.398 e. The van der Waals surface area contributed by atoms with Crippen molar-refractivity contribution in [3.05, 3.63) is 53.1 Å². The van der Waals surface area contributed by atoms with E-state index in [0.717, 1.165) is 31.0 Å². The second-order valence-corrected chi connectivity index (χ2v) is 5.26. The van der Waals surface area contributed by atoms with Crippen LogP contribution in [0, 0.1) is 0 Å². The monoisotopic (exact) mass is 292 g/mol. The lowest BCUT2D eigenvalue weighted by Crippen LogP contribution is -2.09. The summed E-state index contributed by atoms with van der Waals surface area (Å²) >= 11 is 0. The van der Waals surface area contributed by atoms with Crippen molar-refractivity contribution < 1.29 is 13.2 Å². The van der Waals surface area contributed by atoms with Crippen molar-refractivity contribution >= 4 is 17.1 Å². The summed E-state index contributed by atoms with van der Waals surface area (Å²) < 4.78 is 38.5. The molecule has 0 unspecified atom stereocenters. The van der Waals surface area contributed by atoms with Gasteiger partial charge in [0.05, 0.1) is 5.56 Å². The molecular formula is C16H15F3N2. The van der Waals surface area contributed by atoms with Gasteiger partial charge in [0.2, 0.25) is 0 Å². The molecule has 2 aromatic carbocycles. The van der Waals surface area contributed by atoms with Crippen LogP contribution in [0.3, 0.4) is 0 Å². The van der Waals surface area contributed by atoms with Crippen LogP contribution in [0.4, 0.5) is 30.2 Å². The molecule has 21 heavy (non-hydrogen) atoms. The third kappa shape index (κ3) is 2.82. The van der Waals surface area contributed by atoms with Gasteiger partial charge >= 0.3 is 6.18 Å². The van der Waals surface area contributed by atoms with Gasteiger partial charge in [-0.1, -0.05) is 6.07 Å². The Hall–Kier alpha value is -2.17. The molecule has 5 heteroatoms. The highest BCUT2D eigenvalue weighted by Gasteiger charge is 2.33. The number of fused-ring (bicyclic) bond motifs is 1. The summed E-state index contributed by atoms with van der Waals surface area (Å²) in [6.07, 6.45) is -1.20. The highest BCUT2D eigenvalue weighted by Crippen LogP contribution is 2.36. The first-order valence-corrected chi connectivity index (χ1v) is 6.79. The van der Waals surface area contributed by atoms with Crippen LogP contribution in [0.15, 0.2) is 36.4 Å². The molecule has 3 N–H and O–H groups in total. The maximum absolute atomic E-state index is 12.8. The number of alkyl halides is 3. The number of benzene rings is 2. The molecule has 3 rings (SSSR count). The molecule has 0 fully saturated rings. The van der Waals surface area contributed by atoms with E-state index in [4.69, 9.17) is 5.73 Å². The molecule has 1 aliphatic carbocycles. The average molecular weight is 292 g/mol. The van der Waals surface area contributed by atoms with Crippen molar-refractivity contribution in [2.24, 2.45) is 0 Å². The van der Waals surface area contributed by atoms with E-state index >= 15 is 0 Å². The van der Waals surface area contributed by atoms with Gasteiger partial charge in [-0.3, -0.25) is 0 Å². The maximum atomic E-state index is 12.8. The van der Waals surface area contributed by atoms with Crippen molar-refractivity contribution in [1.82, 2.24) is 0 Å². The van der Waals surface area contributed by atoms with Crippen LogP contribution in [0.5, 0.6) is 0 Å². The predicted molar refractivity (Wildman–Crippen MR) is 77.6 cm³/mol. The number of halogens is 3. The zero-order valence-electron chi connectivity index (χ0n) is 11.3. The minimum atomic E-state index is -4.44. The Kier molecular flexibility index (Phi) is 3.27. The van der Waals surface area contributed by atoms with Crippen LogP contribution in [0.2, 0.25) is 0 Å². The van der Waals surface area contributed by atoms with E-state index < -0.39 is 11.7 Å². The quantitative estimate of drug-likeness (QED) is 0.799. The van der Waals surface area contributed by atoms with Crippen LogP contribution in [-0.2, 0) is 19.0 Å². The summed E-state index contributed by atoms with van der Waals surface area (Å²) in [6.45, 7) is 0. The molecule has 1 aliphatic rings. The summed E-state index contributed by atoms with van der Waals surface area (Å²) in [5.41, 5.74) is 8.10. The second-order valence-electron chi connectivity index (χ2n) is 5.26. The maximum Gasteiger partial charge on any atom is 0.418 e. The van der Waals surface area contributed by atoms with E-state index in [1.165, 1.54) is 17.2 Å². The molecule has 0 aliphatic heterocycles. The molecule has 0 saturated carbocycles. The Morgan fingerprint density at radius 1 is 0.905 bits per heavy atom. The largest absolute Gasteiger partial charge is 0.418 e. The molecule has 0 bridgehead atoms. The van der Waals surface area contributed by atoms with E-state index in [0.29, 0.717) is 5.69 Å². The van der Waals surface area contributed by atoms with Gasteiger partial charge < -0.3 is 11.1 Å². The molecular weight excluding hydrogens is 277 g/mol. The predicted octanol–water partition coefficient (Wildman–Crippen LogP) is 4.52. The topological polar surface area (TPSA) is 38.0 Å². The summed E-state index contributed by atoms with van der Waals surface area (Å²) in [7, 11) is 0. The number of hydrogen-bond donors (Lipinski definition) is 2. The average Bonchev–Trinajstić information content (AvgIpc) is 2.87. The normalized spacial score (nSPS) is 14.0. The van der Waals surface area contributed by atoms with Crippen LogP contribution in [0.1, 0.15) is 23.1 Å². The van der Waals surface area contributed by atoms with Gasteiger partial charge in [0.25, 0.3) is 0 Å². The van der Waals surface area contributed by atoms with Crippen molar-refractivity contribution in [2.45, 2.75) is 25.4 Å². The number of anilines is 3. The fraction of sp³-hybridized carbons (Fsp3) is 0.250. The summed E-state index contributed by atoms with van der Waals surface area (Å²) in [6, 6.07) is 9.81. The zero-order chi connectivity index (χ0) is 15.0. The molecule has 0 saturated heterocycles. The SMILES string of the molecule is Nc1ccc(Nc2ccc3c(c2)CCC3)cc1C(F)(F)F. The highest BCUT2D eigenvalue weighted by atomic mass is 19.4. The van der Waals surface area contributed by atoms with E-state index in [1.54, 1.807) is 6.07 Å². The van der Waals surface area contributed by atoms with E-state index in [9.17, 15) is 13.2 Å². The summed E-state index contributed by atoms with van der Waals surface area (Å²) in [5, 5.41) is 3.02. The zero-order valence-corrected chi connectivity index (χ0v) is 11.3. The second kappa shape index (κ2) is 4.98. The lowest BCUT2D eigenvalue weighted by atomic mass is 10.1. The summed E-state index contributed by atoms with van der Waals surface area (Å²) in [4.78, 5) is 0. The third-order valence-corrected chi connectivity index (χ3v) is 3.75. The number of nitrogen functional groups attached to an aromatic ring is 1. The Morgan fingerprint density at radius 2 is 1.57 bits per heavy atom. The standard InChI is InChI=1S/C16H15F3N2/c17-16(18,19)14-9-13(6-7-15(14)20)21-12-5-4-10-2-1-3-11(10)8-12/h4-9,21H,1-3,20H2. The van der Waals surface area contributed by atoms with Gasteiger partial charge in [0, 0.05) is 17.1 Å². The molecule has 0 heterocycles. The van der Waals surface area contributed by atoms with Gasteiger partial charge in [0.15, 0.2) is 0 Å². The first kappa shape index (κ1) is 13.8. The van der Waals surface area contributed by atoms with Crippen molar-refractivity contribution in [3.8, 4) is 0 Å². The fourth-order valence-corrected chi connectivity index (χ4v) is 2.70. The van der Waals surface area contributed by atoms with Crippen LogP contribution >= 0.6 is 0 Å².